The van der Waals surface area contributed by atoms with Crippen LogP contribution in [-0.4, -0.2) is 26.0 Å². The number of anilines is 1. The molecule has 0 fully saturated rings. The normalized spacial score (nSPS) is 15.9. The predicted octanol–water partition coefficient (Wildman–Crippen LogP) is 2.30. The van der Waals surface area contributed by atoms with Gasteiger partial charge in [-0.3, -0.25) is 4.79 Å². The number of fused-ring (bicyclic) bond motifs is 1. The van der Waals surface area contributed by atoms with Gasteiger partial charge in [-0.15, -0.1) is 0 Å². The van der Waals surface area contributed by atoms with Crippen LogP contribution in [0, 0.1) is 12.7 Å². The number of hydrogen-bond donors (Lipinski definition) is 3. The van der Waals surface area contributed by atoms with Crippen molar-refractivity contribution < 1.29 is 14.3 Å². The van der Waals surface area contributed by atoms with E-state index in [0.717, 1.165) is 0 Å². The van der Waals surface area contributed by atoms with E-state index in [1.165, 1.54) is 18.2 Å². The van der Waals surface area contributed by atoms with Crippen molar-refractivity contribution in [2.45, 2.75) is 19.4 Å². The zero-order chi connectivity index (χ0) is 19.1. The highest BCUT2D eigenvalue weighted by Gasteiger charge is 2.30. The van der Waals surface area contributed by atoms with Gasteiger partial charge in [0.25, 0.3) is 5.91 Å². The van der Waals surface area contributed by atoms with Crippen molar-refractivity contribution in [3.8, 4) is 17.1 Å². The summed E-state index contributed by atoms with van der Waals surface area (Å²) in [4.78, 5) is 24.9. The van der Waals surface area contributed by atoms with Crippen molar-refractivity contribution in [1.29, 1.82) is 0 Å². The summed E-state index contributed by atoms with van der Waals surface area (Å²) >= 11 is 0. The maximum Gasteiger partial charge on any atom is 0.255 e. The largest absolute Gasteiger partial charge is 0.493 e. The Morgan fingerprint density at radius 2 is 2.04 bits per heavy atom. The lowest BCUT2D eigenvalue weighted by atomic mass is 9.90. The second kappa shape index (κ2) is 6.31. The first-order valence-electron chi connectivity index (χ1n) is 8.32. The van der Waals surface area contributed by atoms with E-state index in [0.29, 0.717) is 40.2 Å². The lowest BCUT2D eigenvalue weighted by Gasteiger charge is -2.27. The first-order valence-corrected chi connectivity index (χ1v) is 8.32. The first kappa shape index (κ1) is 16.9. The number of nitrogens with two attached hydrogens (primary N) is 1. The lowest BCUT2D eigenvalue weighted by Crippen LogP contribution is -2.37. The van der Waals surface area contributed by atoms with Crippen LogP contribution in [0.2, 0.25) is 0 Å². The van der Waals surface area contributed by atoms with E-state index in [2.05, 4.69) is 20.3 Å². The molecule has 0 saturated heterocycles. The fourth-order valence-electron chi connectivity index (χ4n) is 3.39. The van der Waals surface area contributed by atoms with E-state index in [9.17, 15) is 14.3 Å². The number of rotatable bonds is 2. The predicted molar refractivity (Wildman–Crippen MR) is 96.4 cm³/mol. The van der Waals surface area contributed by atoms with Gasteiger partial charge in [0.15, 0.2) is 0 Å². The lowest BCUT2D eigenvalue weighted by molar-refractivity contribution is 0.0922. The molecule has 1 aromatic carbocycles. The summed E-state index contributed by atoms with van der Waals surface area (Å²) in [6.07, 6.45) is 0.381. The number of benzene rings is 1. The quantitative estimate of drug-likeness (QED) is 0.642. The number of pyridine rings is 1. The molecule has 27 heavy (non-hydrogen) atoms. The molecule has 136 valence electrons. The van der Waals surface area contributed by atoms with E-state index in [4.69, 9.17) is 5.73 Å². The third kappa shape index (κ3) is 3.05. The molecular weight excluding hydrogens is 349 g/mol. The molecule has 4 N–H and O–H groups in total. The molecule has 3 heterocycles. The smallest absolute Gasteiger partial charge is 0.255 e. The van der Waals surface area contributed by atoms with Gasteiger partial charge in [0.1, 0.15) is 5.82 Å². The molecule has 1 unspecified atom stereocenters. The molecule has 2 aromatic heterocycles. The topological polar surface area (TPSA) is 114 Å². The van der Waals surface area contributed by atoms with Crippen LogP contribution in [0.15, 0.2) is 36.4 Å². The summed E-state index contributed by atoms with van der Waals surface area (Å²) in [6, 6.07) is 8.53. The van der Waals surface area contributed by atoms with Gasteiger partial charge in [-0.25, -0.2) is 19.3 Å². The third-order valence-corrected chi connectivity index (χ3v) is 4.51. The Hall–Kier alpha value is -3.55. The highest BCUT2D eigenvalue weighted by atomic mass is 19.1. The zero-order valence-electron chi connectivity index (χ0n) is 14.4. The van der Waals surface area contributed by atoms with Crippen molar-refractivity contribution in [2.24, 2.45) is 0 Å². The van der Waals surface area contributed by atoms with Crippen molar-refractivity contribution in [2.75, 3.05) is 5.73 Å². The van der Waals surface area contributed by atoms with Crippen molar-refractivity contribution >= 4 is 11.9 Å². The number of hydrogen-bond acceptors (Lipinski definition) is 6. The minimum atomic E-state index is -0.446. The van der Waals surface area contributed by atoms with Crippen LogP contribution in [0.1, 0.15) is 33.4 Å². The van der Waals surface area contributed by atoms with Gasteiger partial charge in [0.2, 0.25) is 11.8 Å². The molecule has 1 aliphatic rings. The molecule has 1 aliphatic heterocycles. The number of aromatic hydroxyl groups is 1. The second-order valence-corrected chi connectivity index (χ2v) is 6.33. The number of carbonyl (C=O) groups excluding carboxylic acids is 1. The summed E-state index contributed by atoms with van der Waals surface area (Å²) in [5.41, 5.74) is 8.77. The fourth-order valence-corrected chi connectivity index (χ4v) is 3.39. The SMILES string of the molecule is Cc1nc(N)nc2c1C(=O)NC(c1ccc(F)cc1-c1cccc(O)n1)C2. The Bertz CT molecular complexity index is 1070. The summed E-state index contributed by atoms with van der Waals surface area (Å²) in [5, 5.41) is 12.6. The minimum absolute atomic E-state index is 0.105. The zero-order valence-corrected chi connectivity index (χ0v) is 14.4. The third-order valence-electron chi connectivity index (χ3n) is 4.51. The standard InChI is InChI=1S/C19H16FN5O2/c1-9-17-15(25-19(21)22-9)8-14(24-18(17)27)11-6-5-10(20)7-12(11)13-3-2-4-16(26)23-13/h2-7,14H,8H2,1H3,(H,23,26)(H,24,27)(H2,21,22,25). The number of nitrogens with one attached hydrogen (secondary N) is 1. The van der Waals surface area contributed by atoms with Crippen LogP contribution in [-0.2, 0) is 6.42 Å². The molecular formula is C19H16FN5O2. The summed E-state index contributed by atoms with van der Waals surface area (Å²) < 4.78 is 13.9. The second-order valence-electron chi connectivity index (χ2n) is 6.33. The van der Waals surface area contributed by atoms with Crippen LogP contribution in [0.4, 0.5) is 10.3 Å². The van der Waals surface area contributed by atoms with Crippen molar-refractivity contribution in [1.82, 2.24) is 20.3 Å². The van der Waals surface area contributed by atoms with Gasteiger partial charge in [-0.1, -0.05) is 12.1 Å². The van der Waals surface area contributed by atoms with Crippen LogP contribution < -0.4 is 11.1 Å². The first-order chi connectivity index (χ1) is 12.9. The molecule has 0 bridgehead atoms. The molecule has 0 spiro atoms. The Labute approximate surface area is 154 Å². The Morgan fingerprint density at radius 1 is 1.22 bits per heavy atom. The molecule has 0 aliphatic carbocycles. The number of amides is 1. The highest BCUT2D eigenvalue weighted by molar-refractivity contribution is 5.98. The number of aryl methyl sites for hydroxylation is 1. The van der Waals surface area contributed by atoms with Crippen LogP contribution in [0.5, 0.6) is 5.88 Å². The van der Waals surface area contributed by atoms with Gasteiger partial charge >= 0.3 is 0 Å². The van der Waals surface area contributed by atoms with Crippen molar-refractivity contribution in [3.05, 3.63) is 64.7 Å². The number of nitrogen functional groups attached to an aromatic ring is 1. The molecule has 1 amide bonds. The molecule has 0 saturated carbocycles. The Kier molecular flexibility index (Phi) is 3.95. The molecule has 3 aromatic rings. The van der Waals surface area contributed by atoms with E-state index < -0.39 is 11.9 Å². The summed E-state index contributed by atoms with van der Waals surface area (Å²) in [7, 11) is 0. The summed E-state index contributed by atoms with van der Waals surface area (Å²) in [6.45, 7) is 1.71. The molecule has 8 heteroatoms. The van der Waals surface area contributed by atoms with Gasteiger partial charge in [0, 0.05) is 18.1 Å². The molecule has 0 radical (unpaired) electrons. The van der Waals surface area contributed by atoms with Crippen molar-refractivity contribution in [3.63, 3.8) is 0 Å². The minimum Gasteiger partial charge on any atom is -0.493 e. The average Bonchev–Trinajstić information content (AvgIpc) is 2.60. The van der Waals surface area contributed by atoms with Gasteiger partial charge in [0.05, 0.1) is 28.7 Å². The monoisotopic (exact) mass is 365 g/mol. The van der Waals surface area contributed by atoms with E-state index in [-0.39, 0.29) is 17.7 Å². The van der Waals surface area contributed by atoms with Gasteiger partial charge < -0.3 is 16.2 Å². The summed E-state index contributed by atoms with van der Waals surface area (Å²) in [5.74, 6) is -0.813. The Balaban J connectivity index is 1.82. The average molecular weight is 365 g/mol. The van der Waals surface area contributed by atoms with Crippen LogP contribution in [0.3, 0.4) is 0 Å². The Morgan fingerprint density at radius 3 is 2.81 bits per heavy atom. The molecule has 4 rings (SSSR count). The number of carbonyl (C=O) groups is 1. The number of aromatic nitrogens is 3. The molecule has 1 atom stereocenters. The van der Waals surface area contributed by atoms with Crippen LogP contribution >= 0.6 is 0 Å². The van der Waals surface area contributed by atoms with Gasteiger partial charge in [-0.05, 0) is 30.7 Å². The number of nitrogens with zero attached hydrogens (tertiary/aromatic N) is 3. The number of halogens is 1. The fraction of sp³-hybridized carbons (Fsp3) is 0.158. The van der Waals surface area contributed by atoms with E-state index in [1.54, 1.807) is 25.1 Å². The highest BCUT2D eigenvalue weighted by Crippen LogP contribution is 2.33. The van der Waals surface area contributed by atoms with Crippen LogP contribution in [0.25, 0.3) is 11.3 Å². The maximum absolute atomic E-state index is 13.9. The van der Waals surface area contributed by atoms with E-state index in [1.807, 2.05) is 0 Å². The van der Waals surface area contributed by atoms with E-state index >= 15 is 0 Å². The maximum atomic E-state index is 13.9. The molecule has 7 nitrogen and oxygen atoms in total. The van der Waals surface area contributed by atoms with Gasteiger partial charge in [-0.2, -0.15) is 0 Å².